The summed E-state index contributed by atoms with van der Waals surface area (Å²) in [5.41, 5.74) is 27.7. The zero-order valence-electron chi connectivity index (χ0n) is 29.4. The van der Waals surface area contributed by atoms with Gasteiger partial charge >= 0.3 is 6.18 Å². The van der Waals surface area contributed by atoms with Gasteiger partial charge in [-0.2, -0.15) is 13.2 Å². The van der Waals surface area contributed by atoms with Gasteiger partial charge in [-0.1, -0.05) is 36.4 Å². The van der Waals surface area contributed by atoms with Gasteiger partial charge < -0.3 is 54.4 Å². The average Bonchev–Trinajstić information content (AvgIpc) is 3.12. The molecular formula is C34H50F4N10O5. The van der Waals surface area contributed by atoms with Gasteiger partial charge in [-0.05, 0) is 36.1 Å². The molecule has 19 heteroatoms. The van der Waals surface area contributed by atoms with Crippen LogP contribution in [0.1, 0.15) is 36.0 Å². The van der Waals surface area contributed by atoms with Crippen molar-refractivity contribution in [3.05, 3.63) is 71.0 Å². The Hall–Kier alpha value is -4.69. The molecule has 0 radical (unpaired) electrons. The van der Waals surface area contributed by atoms with E-state index in [-0.39, 0.29) is 70.8 Å². The third kappa shape index (κ3) is 15.1. The average molecular weight is 755 g/mol. The molecule has 2 aromatic rings. The highest BCUT2D eigenvalue weighted by Crippen LogP contribution is 2.31. The second kappa shape index (κ2) is 22.4. The van der Waals surface area contributed by atoms with Crippen molar-refractivity contribution in [1.82, 2.24) is 25.8 Å². The van der Waals surface area contributed by atoms with Crippen molar-refractivity contribution in [1.29, 1.82) is 0 Å². The second-order valence-corrected chi connectivity index (χ2v) is 12.1. The van der Waals surface area contributed by atoms with E-state index in [0.717, 1.165) is 11.6 Å². The SMILES string of the molecule is NCCN(CCN)C(=O)CC(N)C(=O)NC(CC(=O)N(CCN)CCN)C(=O)NC(CCc1ccccc1)C(=O)NCc1ccc(F)c(C(F)(F)F)c1. The third-order valence-corrected chi connectivity index (χ3v) is 8.04. The Morgan fingerprint density at radius 3 is 1.74 bits per heavy atom. The highest BCUT2D eigenvalue weighted by atomic mass is 19.4. The van der Waals surface area contributed by atoms with Gasteiger partial charge in [-0.25, -0.2) is 4.39 Å². The molecule has 294 valence electrons. The van der Waals surface area contributed by atoms with Crippen LogP contribution >= 0.6 is 0 Å². The summed E-state index contributed by atoms with van der Waals surface area (Å²) in [5, 5.41) is 7.43. The maximum absolute atomic E-state index is 13.8. The van der Waals surface area contributed by atoms with E-state index in [2.05, 4.69) is 16.0 Å². The standard InChI is InChI=1S/C34H50F4N10O5/c35-25-8-6-23(18-24(25)34(36,37)38)21-44-32(52)27(9-7-22-4-2-1-3-5-22)45-33(53)28(20-30(50)48(16-12-41)17-13-42)46-31(51)26(43)19-29(49)47(14-10-39)15-11-40/h1-6,8,18,26-28H,7,9-17,19-21,39-43H2,(H,44,52)(H,45,53)(H,46,51). The highest BCUT2D eigenvalue weighted by molar-refractivity contribution is 5.96. The van der Waals surface area contributed by atoms with E-state index in [1.54, 1.807) is 30.3 Å². The number of aryl methyl sites for hydroxylation is 1. The Morgan fingerprint density at radius 2 is 1.21 bits per heavy atom. The summed E-state index contributed by atoms with van der Waals surface area (Å²) in [6.45, 7) is 0.485. The zero-order chi connectivity index (χ0) is 39.6. The Balaban J connectivity index is 2.35. The van der Waals surface area contributed by atoms with Crippen molar-refractivity contribution in [3.63, 3.8) is 0 Å². The molecule has 15 nitrogen and oxygen atoms in total. The van der Waals surface area contributed by atoms with Gasteiger partial charge in [-0.15, -0.1) is 0 Å². The summed E-state index contributed by atoms with van der Waals surface area (Å²) >= 11 is 0. The molecule has 0 aliphatic rings. The number of carbonyl (C=O) groups is 5. The Labute approximate surface area is 305 Å². The van der Waals surface area contributed by atoms with E-state index in [9.17, 15) is 41.5 Å². The lowest BCUT2D eigenvalue weighted by molar-refractivity contribution is -0.140. The van der Waals surface area contributed by atoms with Gasteiger partial charge in [-0.3, -0.25) is 24.0 Å². The first-order valence-corrected chi connectivity index (χ1v) is 17.0. The number of hydrogen-bond donors (Lipinski definition) is 8. The van der Waals surface area contributed by atoms with Crippen LogP contribution in [0.2, 0.25) is 0 Å². The van der Waals surface area contributed by atoms with Crippen LogP contribution in [-0.4, -0.2) is 110 Å². The minimum atomic E-state index is -4.97. The van der Waals surface area contributed by atoms with Crippen LogP contribution < -0.4 is 44.6 Å². The Morgan fingerprint density at radius 1 is 0.679 bits per heavy atom. The molecule has 53 heavy (non-hydrogen) atoms. The molecule has 0 aromatic heterocycles. The fraction of sp³-hybridized carbons (Fsp3) is 0.500. The van der Waals surface area contributed by atoms with Crippen LogP contribution in [0.25, 0.3) is 0 Å². The van der Waals surface area contributed by atoms with Crippen LogP contribution in [0, 0.1) is 5.82 Å². The number of rotatable bonds is 22. The number of benzene rings is 2. The second-order valence-electron chi connectivity index (χ2n) is 12.1. The number of nitrogens with one attached hydrogen (secondary N) is 3. The molecule has 0 heterocycles. The lowest BCUT2D eigenvalue weighted by Crippen LogP contribution is -2.57. The normalized spacial score (nSPS) is 13.0. The van der Waals surface area contributed by atoms with Crippen molar-refractivity contribution in [2.75, 3.05) is 52.4 Å². The molecule has 2 rings (SSSR count). The number of carbonyl (C=O) groups excluding carboxylic acids is 5. The molecule has 0 fully saturated rings. The van der Waals surface area contributed by atoms with Gasteiger partial charge in [0.1, 0.15) is 17.9 Å². The summed E-state index contributed by atoms with van der Waals surface area (Å²) in [5.74, 6) is -5.32. The Bertz CT molecular complexity index is 1490. The van der Waals surface area contributed by atoms with Crippen LogP contribution in [0.3, 0.4) is 0 Å². The number of hydrogen-bond acceptors (Lipinski definition) is 10. The summed E-state index contributed by atoms with van der Waals surface area (Å²) < 4.78 is 53.7. The molecule has 0 aliphatic carbocycles. The number of nitrogens with two attached hydrogens (primary N) is 5. The molecule has 3 unspecified atom stereocenters. The molecule has 0 aliphatic heterocycles. The van der Waals surface area contributed by atoms with E-state index in [4.69, 9.17) is 28.7 Å². The van der Waals surface area contributed by atoms with Crippen molar-refractivity contribution in [2.24, 2.45) is 28.7 Å². The van der Waals surface area contributed by atoms with E-state index in [1.807, 2.05) is 0 Å². The van der Waals surface area contributed by atoms with E-state index in [1.165, 1.54) is 9.80 Å². The lowest BCUT2D eigenvalue weighted by atomic mass is 10.0. The number of halogens is 4. The largest absolute Gasteiger partial charge is 0.419 e. The maximum Gasteiger partial charge on any atom is 0.419 e. The molecule has 0 spiro atoms. The van der Waals surface area contributed by atoms with Gasteiger partial charge in [0.15, 0.2) is 0 Å². The third-order valence-electron chi connectivity index (χ3n) is 8.04. The monoisotopic (exact) mass is 754 g/mol. The van der Waals surface area contributed by atoms with Crippen molar-refractivity contribution >= 4 is 29.5 Å². The van der Waals surface area contributed by atoms with Gasteiger partial charge in [0.25, 0.3) is 0 Å². The molecule has 3 atom stereocenters. The number of nitrogens with zero attached hydrogens (tertiary/aromatic N) is 2. The van der Waals surface area contributed by atoms with E-state index >= 15 is 0 Å². The number of alkyl halides is 3. The minimum Gasteiger partial charge on any atom is -0.350 e. The van der Waals surface area contributed by atoms with Gasteiger partial charge in [0.05, 0.1) is 24.4 Å². The molecule has 0 saturated heterocycles. The molecule has 0 saturated carbocycles. The quantitative estimate of drug-likeness (QED) is 0.0657. The molecule has 0 bridgehead atoms. The molecule has 5 amide bonds. The van der Waals surface area contributed by atoms with Crippen LogP contribution in [-0.2, 0) is 43.1 Å². The number of amides is 5. The van der Waals surface area contributed by atoms with Crippen molar-refractivity contribution in [2.45, 2.75) is 56.5 Å². The fourth-order valence-electron chi connectivity index (χ4n) is 5.26. The maximum atomic E-state index is 13.8. The van der Waals surface area contributed by atoms with E-state index in [0.29, 0.717) is 12.1 Å². The molecular weight excluding hydrogens is 704 g/mol. The fourth-order valence-corrected chi connectivity index (χ4v) is 5.26. The first-order valence-electron chi connectivity index (χ1n) is 17.0. The smallest absolute Gasteiger partial charge is 0.350 e. The van der Waals surface area contributed by atoms with Crippen LogP contribution in [0.15, 0.2) is 48.5 Å². The zero-order valence-corrected chi connectivity index (χ0v) is 29.4. The van der Waals surface area contributed by atoms with Crippen molar-refractivity contribution < 1.29 is 41.5 Å². The topological polar surface area (TPSA) is 258 Å². The predicted octanol–water partition coefficient (Wildman–Crippen LogP) is -1.34. The van der Waals surface area contributed by atoms with Gasteiger partial charge in [0, 0.05) is 58.9 Å². The Kier molecular flexibility index (Phi) is 18.8. The van der Waals surface area contributed by atoms with Crippen LogP contribution in [0.5, 0.6) is 0 Å². The summed E-state index contributed by atoms with van der Waals surface area (Å²) in [6, 6.07) is 6.78. The minimum absolute atomic E-state index is 0.00791. The van der Waals surface area contributed by atoms with E-state index < -0.39 is 84.6 Å². The predicted molar refractivity (Wildman–Crippen MR) is 188 cm³/mol. The first-order chi connectivity index (χ1) is 25.1. The molecule has 2 aromatic carbocycles. The van der Waals surface area contributed by atoms with Crippen LogP contribution in [0.4, 0.5) is 17.6 Å². The summed E-state index contributed by atoms with van der Waals surface area (Å²) in [7, 11) is 0. The summed E-state index contributed by atoms with van der Waals surface area (Å²) in [6.07, 6.45) is -5.79. The summed E-state index contributed by atoms with van der Waals surface area (Å²) in [4.78, 5) is 69.3. The molecule has 13 N–H and O–H groups in total. The van der Waals surface area contributed by atoms with Crippen molar-refractivity contribution in [3.8, 4) is 0 Å². The lowest BCUT2D eigenvalue weighted by Gasteiger charge is -2.27. The first kappa shape index (κ1) is 44.5. The highest BCUT2D eigenvalue weighted by Gasteiger charge is 2.35. The van der Waals surface area contributed by atoms with Gasteiger partial charge in [0.2, 0.25) is 29.5 Å².